The summed E-state index contributed by atoms with van der Waals surface area (Å²) < 4.78 is 13.3. The quantitative estimate of drug-likeness (QED) is 0.812. The van der Waals surface area contributed by atoms with E-state index in [1.54, 1.807) is 12.1 Å². The monoisotopic (exact) mass is 296 g/mol. The van der Waals surface area contributed by atoms with Crippen LogP contribution < -0.4 is 0 Å². The van der Waals surface area contributed by atoms with Gasteiger partial charge in [0.2, 0.25) is 0 Å². The Labute approximate surface area is 121 Å². The van der Waals surface area contributed by atoms with Gasteiger partial charge in [-0.2, -0.15) is 0 Å². The summed E-state index contributed by atoms with van der Waals surface area (Å²) in [7, 11) is 0. The predicted molar refractivity (Wildman–Crippen MR) is 75.3 cm³/mol. The molecule has 0 spiro atoms. The van der Waals surface area contributed by atoms with Gasteiger partial charge >= 0.3 is 0 Å². The fourth-order valence-corrected chi connectivity index (χ4v) is 2.11. The van der Waals surface area contributed by atoms with E-state index in [-0.39, 0.29) is 23.6 Å². The topological polar surface area (TPSA) is 17.1 Å². The third-order valence-electron chi connectivity index (χ3n) is 2.73. The molecule has 0 heterocycles. The van der Waals surface area contributed by atoms with E-state index in [2.05, 4.69) is 0 Å². The zero-order valence-corrected chi connectivity index (χ0v) is 11.5. The Balaban J connectivity index is 2.05. The number of carbonyl (C=O) groups excluding carboxylic acids is 1. The van der Waals surface area contributed by atoms with Crippen LogP contribution in [0.4, 0.5) is 4.39 Å². The minimum atomic E-state index is -0.510. The first-order valence-electron chi connectivity index (χ1n) is 5.75. The molecule has 0 atom stereocenters. The van der Waals surface area contributed by atoms with Crippen molar-refractivity contribution in [3.63, 3.8) is 0 Å². The Morgan fingerprint density at radius 3 is 2.42 bits per heavy atom. The molecule has 0 fully saturated rings. The minimum absolute atomic E-state index is 0.0187. The smallest absolute Gasteiger partial charge is 0.142 e. The number of rotatable bonds is 4. The molecule has 0 saturated carbocycles. The Morgan fingerprint density at radius 2 is 1.74 bits per heavy atom. The summed E-state index contributed by atoms with van der Waals surface area (Å²) in [5.41, 5.74) is 1.39. The SMILES string of the molecule is O=C(Cc1ccc(Cl)c(F)c1)Cc1ccccc1Cl. The van der Waals surface area contributed by atoms with E-state index in [0.717, 1.165) is 5.56 Å². The minimum Gasteiger partial charge on any atom is -0.299 e. The van der Waals surface area contributed by atoms with E-state index in [0.29, 0.717) is 10.6 Å². The van der Waals surface area contributed by atoms with E-state index in [1.807, 2.05) is 18.2 Å². The average molecular weight is 297 g/mol. The van der Waals surface area contributed by atoms with Crippen LogP contribution in [0.5, 0.6) is 0 Å². The Bertz CT molecular complexity index is 611. The van der Waals surface area contributed by atoms with E-state index in [4.69, 9.17) is 23.2 Å². The lowest BCUT2D eigenvalue weighted by Crippen LogP contribution is -2.07. The maximum atomic E-state index is 13.3. The summed E-state index contributed by atoms with van der Waals surface area (Å²) in [4.78, 5) is 11.9. The zero-order valence-electron chi connectivity index (χ0n) is 10.00. The van der Waals surface area contributed by atoms with Gasteiger partial charge in [-0.1, -0.05) is 47.5 Å². The summed E-state index contributed by atoms with van der Waals surface area (Å²) in [6, 6.07) is 11.6. The first kappa shape index (κ1) is 14.0. The largest absolute Gasteiger partial charge is 0.299 e. The number of ketones is 1. The van der Waals surface area contributed by atoms with Gasteiger partial charge in [0, 0.05) is 17.9 Å². The number of carbonyl (C=O) groups is 1. The molecule has 19 heavy (non-hydrogen) atoms. The van der Waals surface area contributed by atoms with Crippen molar-refractivity contribution < 1.29 is 9.18 Å². The lowest BCUT2D eigenvalue weighted by atomic mass is 10.0. The van der Waals surface area contributed by atoms with Gasteiger partial charge in [0.05, 0.1) is 5.02 Å². The molecular formula is C15H11Cl2FO. The molecule has 0 unspecified atom stereocenters. The predicted octanol–water partition coefficient (Wildman–Crippen LogP) is 4.49. The van der Waals surface area contributed by atoms with Crippen LogP contribution in [0.2, 0.25) is 10.0 Å². The van der Waals surface area contributed by atoms with Gasteiger partial charge in [-0.15, -0.1) is 0 Å². The normalized spacial score (nSPS) is 10.5. The van der Waals surface area contributed by atoms with Crippen LogP contribution in [-0.4, -0.2) is 5.78 Å². The van der Waals surface area contributed by atoms with Crippen LogP contribution in [0.25, 0.3) is 0 Å². The first-order valence-corrected chi connectivity index (χ1v) is 6.51. The maximum Gasteiger partial charge on any atom is 0.142 e. The van der Waals surface area contributed by atoms with Crippen molar-refractivity contribution in [3.8, 4) is 0 Å². The molecule has 0 aliphatic heterocycles. The van der Waals surface area contributed by atoms with Gasteiger partial charge in [0.15, 0.2) is 0 Å². The zero-order chi connectivity index (χ0) is 13.8. The van der Waals surface area contributed by atoms with Crippen LogP contribution >= 0.6 is 23.2 Å². The number of halogens is 3. The molecule has 0 aromatic heterocycles. The van der Waals surface area contributed by atoms with Crippen molar-refractivity contribution in [1.82, 2.24) is 0 Å². The third kappa shape index (κ3) is 3.79. The van der Waals surface area contributed by atoms with Crippen molar-refractivity contribution in [2.45, 2.75) is 12.8 Å². The molecule has 2 aromatic rings. The first-order chi connectivity index (χ1) is 9.06. The van der Waals surface area contributed by atoms with E-state index >= 15 is 0 Å². The van der Waals surface area contributed by atoms with Crippen molar-refractivity contribution >= 4 is 29.0 Å². The molecule has 4 heteroatoms. The Kier molecular flexibility index (Phi) is 4.56. The number of hydrogen-bond acceptors (Lipinski definition) is 1. The highest BCUT2D eigenvalue weighted by Crippen LogP contribution is 2.18. The van der Waals surface area contributed by atoms with Crippen molar-refractivity contribution in [2.24, 2.45) is 0 Å². The molecule has 0 aliphatic carbocycles. The second-order valence-electron chi connectivity index (χ2n) is 4.23. The second-order valence-corrected chi connectivity index (χ2v) is 5.05. The van der Waals surface area contributed by atoms with Crippen molar-refractivity contribution in [1.29, 1.82) is 0 Å². The van der Waals surface area contributed by atoms with E-state index < -0.39 is 5.82 Å². The van der Waals surface area contributed by atoms with Crippen LogP contribution in [-0.2, 0) is 17.6 Å². The fourth-order valence-electron chi connectivity index (χ4n) is 1.79. The molecule has 0 amide bonds. The van der Waals surface area contributed by atoms with Crippen molar-refractivity contribution in [2.75, 3.05) is 0 Å². The molecule has 2 rings (SSSR count). The summed E-state index contributed by atoms with van der Waals surface area (Å²) in [5.74, 6) is -0.528. The lowest BCUT2D eigenvalue weighted by Gasteiger charge is -2.04. The van der Waals surface area contributed by atoms with Crippen LogP contribution in [0.3, 0.4) is 0 Å². The lowest BCUT2D eigenvalue weighted by molar-refractivity contribution is -0.117. The molecule has 2 aromatic carbocycles. The van der Waals surface area contributed by atoms with E-state index in [1.165, 1.54) is 12.1 Å². The summed E-state index contributed by atoms with van der Waals surface area (Å²) in [6.07, 6.45) is 0.406. The molecule has 0 bridgehead atoms. The second kappa shape index (κ2) is 6.18. The number of hydrogen-bond donors (Lipinski definition) is 0. The van der Waals surface area contributed by atoms with Gasteiger partial charge < -0.3 is 0 Å². The molecule has 0 saturated heterocycles. The summed E-state index contributed by atoms with van der Waals surface area (Å²) >= 11 is 11.6. The Morgan fingerprint density at radius 1 is 1.00 bits per heavy atom. The van der Waals surface area contributed by atoms with Crippen LogP contribution in [0.1, 0.15) is 11.1 Å². The highest BCUT2D eigenvalue weighted by Gasteiger charge is 2.09. The van der Waals surface area contributed by atoms with Gasteiger partial charge in [0.25, 0.3) is 0 Å². The average Bonchev–Trinajstić information content (AvgIpc) is 2.37. The van der Waals surface area contributed by atoms with E-state index in [9.17, 15) is 9.18 Å². The molecule has 0 radical (unpaired) electrons. The highest BCUT2D eigenvalue weighted by molar-refractivity contribution is 6.31. The van der Waals surface area contributed by atoms with Gasteiger partial charge in [0.1, 0.15) is 11.6 Å². The number of Topliss-reactive ketones (excluding diaryl/α,β-unsaturated/α-hetero) is 1. The van der Waals surface area contributed by atoms with Gasteiger partial charge in [-0.25, -0.2) is 4.39 Å². The molecule has 98 valence electrons. The highest BCUT2D eigenvalue weighted by atomic mass is 35.5. The number of benzene rings is 2. The molecule has 1 nitrogen and oxygen atoms in total. The summed E-state index contributed by atoms with van der Waals surface area (Å²) in [6.45, 7) is 0. The standard InChI is InChI=1S/C15H11Cl2FO/c16-13-4-2-1-3-11(13)9-12(19)7-10-5-6-14(17)15(18)8-10/h1-6,8H,7,9H2. The van der Waals surface area contributed by atoms with Crippen molar-refractivity contribution in [3.05, 3.63) is 69.5 Å². The fraction of sp³-hybridized carbons (Fsp3) is 0.133. The van der Waals surface area contributed by atoms with Gasteiger partial charge in [-0.3, -0.25) is 4.79 Å². The van der Waals surface area contributed by atoms with Gasteiger partial charge in [-0.05, 0) is 29.3 Å². The Hall–Kier alpha value is -1.38. The van der Waals surface area contributed by atoms with Crippen LogP contribution in [0.15, 0.2) is 42.5 Å². The molecular weight excluding hydrogens is 286 g/mol. The molecule has 0 aliphatic rings. The maximum absolute atomic E-state index is 13.3. The molecule has 0 N–H and O–H groups in total. The summed E-state index contributed by atoms with van der Waals surface area (Å²) in [5, 5.41) is 0.625. The third-order valence-corrected chi connectivity index (χ3v) is 3.41. The van der Waals surface area contributed by atoms with Crippen LogP contribution in [0, 0.1) is 5.82 Å².